The van der Waals surface area contributed by atoms with E-state index in [-0.39, 0.29) is 29.2 Å². The van der Waals surface area contributed by atoms with Gasteiger partial charge in [0.2, 0.25) is 4.77 Å². The van der Waals surface area contributed by atoms with Crippen LogP contribution in [-0.4, -0.2) is 37.3 Å². The third-order valence-electron chi connectivity index (χ3n) is 4.26. The summed E-state index contributed by atoms with van der Waals surface area (Å²) in [6, 6.07) is 15.1. The summed E-state index contributed by atoms with van der Waals surface area (Å²) in [5.74, 6) is 0.381. The van der Waals surface area contributed by atoms with Crippen LogP contribution in [0, 0.1) is 14.9 Å². The third-order valence-corrected chi connectivity index (χ3v) is 4.57. The fraction of sp³-hybridized carbons (Fsp3) is 0.200. The summed E-state index contributed by atoms with van der Waals surface area (Å²) < 4.78 is 40.8. The maximum atomic E-state index is 13.1. The Morgan fingerprint density at radius 1 is 1.13 bits per heavy atom. The number of benzene rings is 2. The van der Waals surface area contributed by atoms with Gasteiger partial charge in [0.1, 0.15) is 5.82 Å². The molecule has 0 bridgehead atoms. The van der Waals surface area contributed by atoms with Crippen LogP contribution in [0.25, 0.3) is 12.2 Å². The molecule has 0 aliphatic rings. The molecule has 1 heterocycles. The van der Waals surface area contributed by atoms with Crippen LogP contribution in [0.3, 0.4) is 0 Å². The van der Waals surface area contributed by atoms with E-state index in [9.17, 15) is 23.3 Å². The lowest BCUT2D eigenvalue weighted by Gasteiger charge is -2.23. The first kappa shape index (κ1) is 22.4. The molecular formula is C20H18F3N5O2S. The lowest BCUT2D eigenvalue weighted by molar-refractivity contribution is -0.385. The number of nitro benzene ring substituents is 1. The summed E-state index contributed by atoms with van der Waals surface area (Å²) >= 11 is 5.17. The number of aromatic amines is 1. The molecule has 0 aliphatic heterocycles. The number of hydrogen-bond acceptors (Lipinski definition) is 5. The minimum atomic E-state index is -4.50. The quantitative estimate of drug-likeness (QED) is 0.296. The van der Waals surface area contributed by atoms with E-state index in [0.29, 0.717) is 5.82 Å². The number of aromatic nitrogens is 3. The first-order valence-corrected chi connectivity index (χ1v) is 9.53. The van der Waals surface area contributed by atoms with E-state index < -0.39 is 17.6 Å². The molecular weight excluding hydrogens is 431 g/mol. The van der Waals surface area contributed by atoms with Crippen molar-refractivity contribution in [1.29, 1.82) is 0 Å². The number of para-hydroxylation sites is 1. The molecule has 3 aromatic rings. The smallest absolute Gasteiger partial charge is 0.278 e. The third kappa shape index (κ3) is 6.59. The van der Waals surface area contributed by atoms with Crippen molar-refractivity contribution in [2.24, 2.45) is 0 Å². The van der Waals surface area contributed by atoms with Gasteiger partial charge in [0.25, 0.3) is 5.69 Å². The Morgan fingerprint density at radius 3 is 2.48 bits per heavy atom. The highest BCUT2D eigenvalue weighted by atomic mass is 32.1. The fourth-order valence-corrected chi connectivity index (χ4v) is 3.16. The van der Waals surface area contributed by atoms with Crippen molar-refractivity contribution in [3.63, 3.8) is 0 Å². The molecule has 1 aromatic heterocycles. The zero-order valence-corrected chi connectivity index (χ0v) is 16.9. The van der Waals surface area contributed by atoms with Gasteiger partial charge in [0, 0.05) is 18.2 Å². The van der Waals surface area contributed by atoms with Gasteiger partial charge in [0.05, 0.1) is 18.1 Å². The van der Waals surface area contributed by atoms with Crippen LogP contribution in [0.15, 0.2) is 54.6 Å². The molecule has 2 aromatic carbocycles. The molecule has 0 spiro atoms. The molecule has 0 atom stereocenters. The van der Waals surface area contributed by atoms with Gasteiger partial charge in [-0.2, -0.15) is 18.2 Å². The van der Waals surface area contributed by atoms with Crippen LogP contribution >= 0.6 is 12.2 Å². The second kappa shape index (κ2) is 9.67. The van der Waals surface area contributed by atoms with Gasteiger partial charge in [-0.3, -0.25) is 20.1 Å². The largest absolute Gasteiger partial charge is 0.401 e. The number of rotatable bonds is 8. The molecule has 31 heavy (non-hydrogen) atoms. The molecule has 0 saturated heterocycles. The molecule has 0 saturated carbocycles. The normalized spacial score (nSPS) is 12.0. The predicted molar refractivity (Wildman–Crippen MR) is 112 cm³/mol. The Morgan fingerprint density at radius 2 is 1.81 bits per heavy atom. The van der Waals surface area contributed by atoms with E-state index in [1.807, 2.05) is 30.3 Å². The highest BCUT2D eigenvalue weighted by molar-refractivity contribution is 7.71. The number of H-pyrrole nitrogens is 1. The lowest BCUT2D eigenvalue weighted by Crippen LogP contribution is -2.35. The number of nitrogens with zero attached hydrogens (tertiary/aromatic N) is 4. The standard InChI is InChI=1S/C20H18F3N5O2S/c21-20(22,23)13-26(12-16-8-4-5-9-17(16)28(29)30)14-27-19(31)24-18(25-27)11-10-15-6-2-1-3-7-15/h1-11H,12-14H2,(H,24,25,31)/b11-10+. The van der Waals surface area contributed by atoms with Crippen molar-refractivity contribution in [2.45, 2.75) is 19.4 Å². The van der Waals surface area contributed by atoms with E-state index in [2.05, 4.69) is 10.1 Å². The molecule has 0 fully saturated rings. The summed E-state index contributed by atoms with van der Waals surface area (Å²) in [5.41, 5.74) is 0.854. The van der Waals surface area contributed by atoms with Crippen molar-refractivity contribution < 1.29 is 18.1 Å². The Hall–Kier alpha value is -3.31. The summed E-state index contributed by atoms with van der Waals surface area (Å²) in [5, 5.41) is 14.1. The summed E-state index contributed by atoms with van der Waals surface area (Å²) in [7, 11) is 0. The zero-order chi connectivity index (χ0) is 22.4. The van der Waals surface area contributed by atoms with E-state index in [4.69, 9.17) is 12.2 Å². The maximum Gasteiger partial charge on any atom is 0.401 e. The van der Waals surface area contributed by atoms with E-state index in [1.165, 1.54) is 22.9 Å². The van der Waals surface area contributed by atoms with Gasteiger partial charge in [-0.05, 0) is 23.9 Å². The molecule has 0 aliphatic carbocycles. The van der Waals surface area contributed by atoms with Crippen molar-refractivity contribution in [2.75, 3.05) is 6.54 Å². The first-order chi connectivity index (χ1) is 14.7. The van der Waals surface area contributed by atoms with Crippen LogP contribution in [0.4, 0.5) is 18.9 Å². The number of halogens is 3. The second-order valence-electron chi connectivity index (χ2n) is 6.69. The summed E-state index contributed by atoms with van der Waals surface area (Å²) in [6.45, 7) is -1.82. The van der Waals surface area contributed by atoms with E-state index in [1.54, 1.807) is 18.2 Å². The molecule has 162 valence electrons. The first-order valence-electron chi connectivity index (χ1n) is 9.12. The van der Waals surface area contributed by atoms with Crippen molar-refractivity contribution in [1.82, 2.24) is 19.7 Å². The molecule has 1 N–H and O–H groups in total. The van der Waals surface area contributed by atoms with E-state index in [0.717, 1.165) is 10.5 Å². The number of alkyl halides is 3. The lowest BCUT2D eigenvalue weighted by atomic mass is 10.1. The van der Waals surface area contributed by atoms with Crippen LogP contribution in [-0.2, 0) is 13.2 Å². The summed E-state index contributed by atoms with van der Waals surface area (Å²) in [6.07, 6.45) is -1.04. The van der Waals surface area contributed by atoms with Crippen LogP contribution < -0.4 is 0 Å². The topological polar surface area (TPSA) is 80.0 Å². The number of nitro groups is 1. The Bertz CT molecular complexity index is 1130. The SMILES string of the molecule is O=[N+]([O-])c1ccccc1CN(Cn1[nH]c(/C=C/c2ccccc2)nc1=S)CC(F)(F)F. The minimum absolute atomic E-state index is 0.0717. The average molecular weight is 449 g/mol. The van der Waals surface area contributed by atoms with E-state index >= 15 is 0 Å². The molecule has 0 radical (unpaired) electrons. The number of hydrogen-bond donors (Lipinski definition) is 1. The van der Waals surface area contributed by atoms with Gasteiger partial charge in [-0.15, -0.1) is 0 Å². The average Bonchev–Trinajstić information content (AvgIpc) is 3.05. The van der Waals surface area contributed by atoms with Gasteiger partial charge in [-0.1, -0.05) is 54.6 Å². The van der Waals surface area contributed by atoms with Gasteiger partial charge < -0.3 is 0 Å². The predicted octanol–water partition coefficient (Wildman–Crippen LogP) is 5.04. The van der Waals surface area contributed by atoms with Crippen molar-refractivity contribution in [3.8, 4) is 0 Å². The maximum absolute atomic E-state index is 13.1. The molecule has 11 heteroatoms. The fourth-order valence-electron chi connectivity index (χ4n) is 2.96. The molecule has 7 nitrogen and oxygen atoms in total. The molecule has 3 rings (SSSR count). The van der Waals surface area contributed by atoms with Crippen molar-refractivity contribution >= 4 is 30.1 Å². The number of nitrogens with one attached hydrogen (secondary N) is 1. The zero-order valence-electron chi connectivity index (χ0n) is 16.1. The monoisotopic (exact) mass is 449 g/mol. The highest BCUT2D eigenvalue weighted by Gasteiger charge is 2.32. The van der Waals surface area contributed by atoms with Crippen molar-refractivity contribution in [3.05, 3.63) is 86.4 Å². The van der Waals surface area contributed by atoms with Crippen LogP contribution in [0.5, 0.6) is 0 Å². The van der Waals surface area contributed by atoms with Gasteiger partial charge in [-0.25, -0.2) is 4.68 Å². The highest BCUT2D eigenvalue weighted by Crippen LogP contribution is 2.23. The Kier molecular flexibility index (Phi) is 6.98. The Labute approximate surface area is 180 Å². The summed E-state index contributed by atoms with van der Waals surface area (Å²) in [4.78, 5) is 15.8. The Balaban J connectivity index is 1.82. The van der Waals surface area contributed by atoms with Crippen LogP contribution in [0.1, 0.15) is 17.0 Å². The molecule has 0 amide bonds. The van der Waals surface area contributed by atoms with Gasteiger partial charge >= 0.3 is 6.18 Å². The van der Waals surface area contributed by atoms with Crippen LogP contribution in [0.2, 0.25) is 0 Å². The second-order valence-corrected chi connectivity index (χ2v) is 7.06. The minimum Gasteiger partial charge on any atom is -0.278 e. The molecule has 0 unspecified atom stereocenters. The van der Waals surface area contributed by atoms with Gasteiger partial charge in [0.15, 0.2) is 0 Å².